The highest BCUT2D eigenvalue weighted by molar-refractivity contribution is 7.92. The van der Waals surface area contributed by atoms with Crippen LogP contribution in [0.15, 0.2) is 24.3 Å². The van der Waals surface area contributed by atoms with Crippen molar-refractivity contribution in [3.05, 3.63) is 29.8 Å². The molecule has 0 aromatic heterocycles. The average molecular weight is 273 g/mol. The number of ether oxygens (including phenoxy) is 1. The third-order valence-electron chi connectivity index (χ3n) is 2.39. The smallest absolute Gasteiger partial charge is 0.232 e. The van der Waals surface area contributed by atoms with Gasteiger partial charge in [-0.2, -0.15) is 0 Å². The summed E-state index contributed by atoms with van der Waals surface area (Å²) in [6.45, 7) is 0.512. The SMILES string of the molecule is COCCCS(=O)(=O)Nc1ccc(CCO)cc1. The van der Waals surface area contributed by atoms with E-state index in [2.05, 4.69) is 4.72 Å². The van der Waals surface area contributed by atoms with Crippen LogP contribution in [0.25, 0.3) is 0 Å². The first kappa shape index (κ1) is 14.9. The highest BCUT2D eigenvalue weighted by Crippen LogP contribution is 2.12. The van der Waals surface area contributed by atoms with Gasteiger partial charge in [0.1, 0.15) is 0 Å². The maximum Gasteiger partial charge on any atom is 0.232 e. The van der Waals surface area contributed by atoms with Gasteiger partial charge in [0, 0.05) is 26.0 Å². The minimum atomic E-state index is -3.31. The zero-order chi connectivity index (χ0) is 13.4. The van der Waals surface area contributed by atoms with Crippen LogP contribution in [0.2, 0.25) is 0 Å². The number of benzene rings is 1. The Bertz CT molecular complexity index is 442. The lowest BCUT2D eigenvalue weighted by Gasteiger charge is -2.08. The van der Waals surface area contributed by atoms with Gasteiger partial charge in [0.2, 0.25) is 10.0 Å². The number of rotatable bonds is 8. The molecular formula is C12H19NO4S. The summed E-state index contributed by atoms with van der Waals surface area (Å²) in [4.78, 5) is 0. The number of hydrogen-bond acceptors (Lipinski definition) is 4. The van der Waals surface area contributed by atoms with Gasteiger partial charge in [-0.05, 0) is 30.5 Å². The quantitative estimate of drug-likeness (QED) is 0.693. The molecule has 0 fully saturated rings. The summed E-state index contributed by atoms with van der Waals surface area (Å²) in [5.74, 6) is 0.0409. The zero-order valence-corrected chi connectivity index (χ0v) is 11.2. The number of sulfonamides is 1. The largest absolute Gasteiger partial charge is 0.396 e. The van der Waals surface area contributed by atoms with Crippen molar-refractivity contribution in [2.75, 3.05) is 30.8 Å². The molecule has 1 aromatic carbocycles. The lowest BCUT2D eigenvalue weighted by molar-refractivity contribution is 0.199. The van der Waals surface area contributed by atoms with E-state index >= 15 is 0 Å². The Morgan fingerprint density at radius 1 is 1.28 bits per heavy atom. The van der Waals surface area contributed by atoms with Crippen molar-refractivity contribution >= 4 is 15.7 Å². The van der Waals surface area contributed by atoms with E-state index in [0.717, 1.165) is 5.56 Å². The fraction of sp³-hybridized carbons (Fsp3) is 0.500. The van der Waals surface area contributed by atoms with Gasteiger partial charge in [0.15, 0.2) is 0 Å². The zero-order valence-electron chi connectivity index (χ0n) is 10.4. The van der Waals surface area contributed by atoms with E-state index in [0.29, 0.717) is 25.1 Å². The summed E-state index contributed by atoms with van der Waals surface area (Å²) in [5, 5.41) is 8.77. The minimum Gasteiger partial charge on any atom is -0.396 e. The summed E-state index contributed by atoms with van der Waals surface area (Å²) in [5.41, 5.74) is 1.51. The first-order valence-corrected chi connectivity index (χ1v) is 7.42. The van der Waals surface area contributed by atoms with Crippen LogP contribution in [0.5, 0.6) is 0 Å². The number of nitrogens with one attached hydrogen (secondary N) is 1. The van der Waals surface area contributed by atoms with Crippen LogP contribution in [-0.2, 0) is 21.2 Å². The molecule has 102 valence electrons. The van der Waals surface area contributed by atoms with E-state index in [1.807, 2.05) is 0 Å². The molecule has 0 amide bonds. The van der Waals surface area contributed by atoms with E-state index < -0.39 is 10.0 Å². The lowest BCUT2D eigenvalue weighted by Crippen LogP contribution is -2.17. The van der Waals surface area contributed by atoms with Gasteiger partial charge in [-0.25, -0.2) is 8.42 Å². The van der Waals surface area contributed by atoms with Crippen LogP contribution in [-0.4, -0.2) is 39.6 Å². The Morgan fingerprint density at radius 2 is 1.94 bits per heavy atom. The highest BCUT2D eigenvalue weighted by atomic mass is 32.2. The summed E-state index contributed by atoms with van der Waals surface area (Å²) in [7, 11) is -1.77. The number of aliphatic hydroxyl groups is 1. The summed E-state index contributed by atoms with van der Waals surface area (Å²) in [6, 6.07) is 6.98. The van der Waals surface area contributed by atoms with Crippen LogP contribution in [0.4, 0.5) is 5.69 Å². The molecule has 0 atom stereocenters. The number of anilines is 1. The van der Waals surface area contributed by atoms with Gasteiger partial charge < -0.3 is 9.84 Å². The molecule has 5 nitrogen and oxygen atoms in total. The molecule has 0 saturated heterocycles. The molecule has 0 unspecified atom stereocenters. The molecule has 2 N–H and O–H groups in total. The van der Waals surface area contributed by atoms with Gasteiger partial charge in [-0.3, -0.25) is 4.72 Å². The molecule has 18 heavy (non-hydrogen) atoms. The van der Waals surface area contributed by atoms with E-state index in [1.165, 1.54) is 0 Å². The van der Waals surface area contributed by atoms with Crippen LogP contribution in [0, 0.1) is 0 Å². The van der Waals surface area contributed by atoms with Gasteiger partial charge in [0.25, 0.3) is 0 Å². The Hall–Kier alpha value is -1.11. The molecule has 0 bridgehead atoms. The third-order valence-corrected chi connectivity index (χ3v) is 3.76. The first-order chi connectivity index (χ1) is 8.57. The van der Waals surface area contributed by atoms with Gasteiger partial charge in [-0.1, -0.05) is 12.1 Å². The molecule has 0 saturated carbocycles. The molecule has 6 heteroatoms. The normalized spacial score (nSPS) is 11.4. The second kappa shape index (κ2) is 7.35. The van der Waals surface area contributed by atoms with Crippen LogP contribution >= 0.6 is 0 Å². The predicted molar refractivity (Wildman–Crippen MR) is 71.1 cm³/mol. The van der Waals surface area contributed by atoms with Crippen LogP contribution in [0.1, 0.15) is 12.0 Å². The van der Waals surface area contributed by atoms with E-state index in [4.69, 9.17) is 9.84 Å². The molecule has 0 spiro atoms. The Labute approximate surface area is 108 Å². The van der Waals surface area contributed by atoms with Crippen molar-refractivity contribution in [2.24, 2.45) is 0 Å². The van der Waals surface area contributed by atoms with Crippen molar-refractivity contribution in [1.82, 2.24) is 0 Å². The Morgan fingerprint density at radius 3 is 2.50 bits per heavy atom. The maximum atomic E-state index is 11.7. The predicted octanol–water partition coefficient (Wildman–Crippen LogP) is 1.000. The molecule has 1 aromatic rings. The van der Waals surface area contributed by atoms with Crippen molar-refractivity contribution in [3.8, 4) is 0 Å². The molecule has 0 radical (unpaired) electrons. The molecule has 0 heterocycles. The third kappa shape index (κ3) is 5.48. The summed E-state index contributed by atoms with van der Waals surface area (Å²) >= 11 is 0. The number of hydrogen-bond donors (Lipinski definition) is 2. The standard InChI is InChI=1S/C12H19NO4S/c1-17-9-2-10-18(15,16)13-12-5-3-11(4-6-12)7-8-14/h3-6,13-14H,2,7-10H2,1H3. The van der Waals surface area contributed by atoms with Crippen molar-refractivity contribution in [2.45, 2.75) is 12.8 Å². The topological polar surface area (TPSA) is 75.6 Å². The van der Waals surface area contributed by atoms with E-state index in [1.54, 1.807) is 31.4 Å². The summed E-state index contributed by atoms with van der Waals surface area (Å²) in [6.07, 6.45) is 1.04. The number of methoxy groups -OCH3 is 1. The molecule has 0 aliphatic carbocycles. The molecule has 0 aliphatic heterocycles. The van der Waals surface area contributed by atoms with Crippen molar-refractivity contribution in [1.29, 1.82) is 0 Å². The molecule has 1 rings (SSSR count). The van der Waals surface area contributed by atoms with Crippen LogP contribution < -0.4 is 4.72 Å². The second-order valence-electron chi connectivity index (χ2n) is 3.94. The maximum absolute atomic E-state index is 11.7. The van der Waals surface area contributed by atoms with Gasteiger partial charge in [0.05, 0.1) is 5.75 Å². The fourth-order valence-corrected chi connectivity index (χ4v) is 2.59. The first-order valence-electron chi connectivity index (χ1n) is 5.76. The monoisotopic (exact) mass is 273 g/mol. The van der Waals surface area contributed by atoms with E-state index in [-0.39, 0.29) is 12.4 Å². The Balaban J connectivity index is 2.55. The highest BCUT2D eigenvalue weighted by Gasteiger charge is 2.09. The molecule has 0 aliphatic rings. The van der Waals surface area contributed by atoms with Crippen molar-refractivity contribution < 1.29 is 18.3 Å². The number of aliphatic hydroxyl groups excluding tert-OH is 1. The average Bonchev–Trinajstić information content (AvgIpc) is 2.32. The second-order valence-corrected chi connectivity index (χ2v) is 5.78. The fourth-order valence-electron chi connectivity index (χ4n) is 1.49. The van der Waals surface area contributed by atoms with Gasteiger partial charge >= 0.3 is 0 Å². The Kier molecular flexibility index (Phi) is 6.11. The lowest BCUT2D eigenvalue weighted by atomic mass is 10.1. The van der Waals surface area contributed by atoms with Crippen LogP contribution in [0.3, 0.4) is 0 Å². The minimum absolute atomic E-state index is 0.0409. The molecular weight excluding hydrogens is 254 g/mol. The van der Waals surface area contributed by atoms with E-state index in [9.17, 15) is 8.42 Å². The summed E-state index contributed by atoms with van der Waals surface area (Å²) < 4.78 is 30.7. The van der Waals surface area contributed by atoms with Gasteiger partial charge in [-0.15, -0.1) is 0 Å². The van der Waals surface area contributed by atoms with Crippen molar-refractivity contribution in [3.63, 3.8) is 0 Å².